The molecule has 2 aromatic heterocycles. The third-order valence-corrected chi connectivity index (χ3v) is 5.09. The van der Waals surface area contributed by atoms with Crippen molar-refractivity contribution >= 4 is 28.8 Å². The average molecular weight is 316 g/mol. The zero-order valence-electron chi connectivity index (χ0n) is 11.6. The Kier molecular flexibility index (Phi) is 3.01. The van der Waals surface area contributed by atoms with E-state index in [9.17, 15) is 0 Å². The molecule has 1 aromatic carbocycles. The first-order valence-corrected chi connectivity index (χ1v) is 8.16. The van der Waals surface area contributed by atoms with Crippen LogP contribution in [0.2, 0.25) is 5.02 Å². The van der Waals surface area contributed by atoms with E-state index in [4.69, 9.17) is 16.7 Å². The third-order valence-electron chi connectivity index (χ3n) is 3.81. The number of nitrogens with one attached hydrogen (secondary N) is 1. The summed E-state index contributed by atoms with van der Waals surface area (Å²) in [5, 5.41) is 11.1. The Labute approximate surface area is 132 Å². The second kappa shape index (κ2) is 4.90. The second-order valence-corrected chi connectivity index (χ2v) is 6.53. The van der Waals surface area contributed by atoms with Crippen molar-refractivity contribution < 1.29 is 0 Å². The fourth-order valence-electron chi connectivity index (χ4n) is 2.69. The number of nitrogens with zero attached hydrogens (tertiary/aromatic N) is 2. The highest BCUT2D eigenvalue weighted by Gasteiger charge is 2.24. The molecule has 1 aliphatic heterocycles. The van der Waals surface area contributed by atoms with Crippen molar-refractivity contribution in [1.29, 1.82) is 0 Å². The zero-order chi connectivity index (χ0) is 14.4. The van der Waals surface area contributed by atoms with Crippen LogP contribution in [0.1, 0.15) is 11.1 Å². The molecule has 0 unspecified atom stereocenters. The first-order valence-electron chi connectivity index (χ1n) is 6.90. The number of fused-ring (bicyclic) bond motifs is 1. The Morgan fingerprint density at radius 3 is 3.00 bits per heavy atom. The lowest BCUT2D eigenvalue weighted by molar-refractivity contribution is 0.883. The number of hydrogen-bond donors (Lipinski definition) is 1. The molecule has 0 spiro atoms. The Bertz CT molecular complexity index is 805. The summed E-state index contributed by atoms with van der Waals surface area (Å²) in [7, 11) is 0. The van der Waals surface area contributed by atoms with Gasteiger partial charge in [-0.3, -0.25) is 0 Å². The molecule has 0 atom stereocenters. The van der Waals surface area contributed by atoms with Crippen molar-refractivity contribution in [1.82, 2.24) is 9.78 Å². The van der Waals surface area contributed by atoms with Gasteiger partial charge in [-0.15, -0.1) is 11.3 Å². The Morgan fingerprint density at radius 2 is 2.24 bits per heavy atom. The van der Waals surface area contributed by atoms with E-state index < -0.39 is 0 Å². The van der Waals surface area contributed by atoms with E-state index in [0.717, 1.165) is 40.8 Å². The fourth-order valence-corrected chi connectivity index (χ4v) is 3.60. The number of aryl methyl sites for hydroxylation is 1. The van der Waals surface area contributed by atoms with E-state index in [2.05, 4.69) is 28.9 Å². The van der Waals surface area contributed by atoms with Gasteiger partial charge in [-0.25, -0.2) is 4.68 Å². The molecule has 0 amide bonds. The SMILES string of the molecule is Cc1ccc(-n2nc(-c3cccs3)c3c2NCC3)cc1Cl. The van der Waals surface area contributed by atoms with Gasteiger partial charge in [0.25, 0.3) is 0 Å². The van der Waals surface area contributed by atoms with Crippen LogP contribution < -0.4 is 5.32 Å². The molecule has 0 fully saturated rings. The maximum absolute atomic E-state index is 6.26. The second-order valence-electron chi connectivity index (χ2n) is 5.18. The molecule has 3 aromatic rings. The molecule has 0 aliphatic carbocycles. The first-order chi connectivity index (χ1) is 10.2. The van der Waals surface area contributed by atoms with Gasteiger partial charge in [0.2, 0.25) is 0 Å². The van der Waals surface area contributed by atoms with Crippen LogP contribution in [0.3, 0.4) is 0 Å². The highest BCUT2D eigenvalue weighted by Crippen LogP contribution is 2.36. The smallest absolute Gasteiger partial charge is 0.133 e. The standard InChI is InChI=1S/C16H14ClN3S/c1-10-4-5-11(9-13(10)17)20-16-12(6-7-18-16)15(19-20)14-3-2-8-21-14/h2-5,8-9,18H,6-7H2,1H3. The molecular formula is C16H14ClN3S. The van der Waals surface area contributed by atoms with Gasteiger partial charge in [0.05, 0.1) is 10.6 Å². The highest BCUT2D eigenvalue weighted by molar-refractivity contribution is 7.13. The van der Waals surface area contributed by atoms with E-state index in [1.165, 1.54) is 10.4 Å². The molecule has 1 aliphatic rings. The van der Waals surface area contributed by atoms with Crippen LogP contribution in [0.4, 0.5) is 5.82 Å². The average Bonchev–Trinajstić information content (AvgIpc) is 3.17. The molecule has 1 N–H and O–H groups in total. The van der Waals surface area contributed by atoms with E-state index >= 15 is 0 Å². The number of aromatic nitrogens is 2. The molecule has 5 heteroatoms. The molecule has 0 bridgehead atoms. The van der Waals surface area contributed by atoms with Crippen LogP contribution in [-0.4, -0.2) is 16.3 Å². The minimum Gasteiger partial charge on any atom is -0.369 e. The van der Waals surface area contributed by atoms with Gasteiger partial charge >= 0.3 is 0 Å². The van der Waals surface area contributed by atoms with Gasteiger partial charge in [-0.05, 0) is 42.5 Å². The molecule has 21 heavy (non-hydrogen) atoms. The lowest BCUT2D eigenvalue weighted by Gasteiger charge is -2.08. The third kappa shape index (κ3) is 2.06. The van der Waals surface area contributed by atoms with E-state index in [1.807, 2.05) is 23.7 Å². The molecule has 106 valence electrons. The van der Waals surface area contributed by atoms with Crippen molar-refractivity contribution in [2.24, 2.45) is 0 Å². The van der Waals surface area contributed by atoms with Crippen LogP contribution in [0.5, 0.6) is 0 Å². The minimum atomic E-state index is 0.771. The summed E-state index contributed by atoms with van der Waals surface area (Å²) in [4.78, 5) is 1.21. The van der Waals surface area contributed by atoms with Crippen LogP contribution >= 0.6 is 22.9 Å². The highest BCUT2D eigenvalue weighted by atomic mass is 35.5. The van der Waals surface area contributed by atoms with Gasteiger partial charge in [0.15, 0.2) is 0 Å². The number of anilines is 1. The number of thiophene rings is 1. The van der Waals surface area contributed by atoms with Crippen molar-refractivity contribution in [2.45, 2.75) is 13.3 Å². The van der Waals surface area contributed by atoms with Gasteiger partial charge < -0.3 is 5.32 Å². The molecule has 4 rings (SSSR count). The van der Waals surface area contributed by atoms with Crippen LogP contribution in [-0.2, 0) is 6.42 Å². The summed E-state index contributed by atoms with van der Waals surface area (Å²) < 4.78 is 1.97. The molecule has 0 radical (unpaired) electrons. The lowest BCUT2D eigenvalue weighted by Crippen LogP contribution is -2.04. The molecule has 0 saturated carbocycles. The fraction of sp³-hybridized carbons (Fsp3) is 0.188. The summed E-state index contributed by atoms with van der Waals surface area (Å²) in [5.74, 6) is 1.10. The topological polar surface area (TPSA) is 29.9 Å². The van der Waals surface area contributed by atoms with Crippen molar-refractivity contribution in [3.8, 4) is 16.3 Å². The largest absolute Gasteiger partial charge is 0.369 e. The van der Waals surface area contributed by atoms with Gasteiger partial charge in [-0.2, -0.15) is 5.10 Å². The lowest BCUT2D eigenvalue weighted by atomic mass is 10.2. The van der Waals surface area contributed by atoms with Crippen molar-refractivity contribution in [2.75, 3.05) is 11.9 Å². The predicted octanol–water partition coefficient (Wildman–Crippen LogP) is 4.53. The molecular weight excluding hydrogens is 302 g/mol. The van der Waals surface area contributed by atoms with E-state index in [-0.39, 0.29) is 0 Å². The van der Waals surface area contributed by atoms with Gasteiger partial charge in [0.1, 0.15) is 11.5 Å². The number of halogens is 1. The maximum atomic E-state index is 6.26. The molecule has 0 saturated heterocycles. The molecule has 3 nitrogen and oxygen atoms in total. The van der Waals surface area contributed by atoms with E-state index in [0.29, 0.717) is 0 Å². The minimum absolute atomic E-state index is 0.771. The van der Waals surface area contributed by atoms with Crippen LogP contribution in [0.25, 0.3) is 16.3 Å². The van der Waals surface area contributed by atoms with Crippen molar-refractivity contribution in [3.63, 3.8) is 0 Å². The predicted molar refractivity (Wildman–Crippen MR) is 88.8 cm³/mol. The summed E-state index contributed by atoms with van der Waals surface area (Å²) in [6.07, 6.45) is 1.02. The summed E-state index contributed by atoms with van der Waals surface area (Å²) >= 11 is 7.99. The van der Waals surface area contributed by atoms with Crippen molar-refractivity contribution in [3.05, 3.63) is 51.9 Å². The van der Waals surface area contributed by atoms with Gasteiger partial charge in [0, 0.05) is 17.1 Å². The number of rotatable bonds is 2. The van der Waals surface area contributed by atoms with E-state index in [1.54, 1.807) is 11.3 Å². The maximum Gasteiger partial charge on any atom is 0.133 e. The monoisotopic (exact) mass is 315 g/mol. The Balaban J connectivity index is 1.90. The summed E-state index contributed by atoms with van der Waals surface area (Å²) in [6.45, 7) is 2.97. The zero-order valence-corrected chi connectivity index (χ0v) is 13.1. The van der Waals surface area contributed by atoms with Crippen LogP contribution in [0, 0.1) is 6.92 Å². The normalized spacial score (nSPS) is 13.2. The Hall–Kier alpha value is -1.78. The summed E-state index contributed by atoms with van der Waals surface area (Å²) in [6, 6.07) is 10.3. The van der Waals surface area contributed by atoms with Gasteiger partial charge in [-0.1, -0.05) is 23.7 Å². The Morgan fingerprint density at radius 1 is 1.33 bits per heavy atom. The van der Waals surface area contributed by atoms with Crippen LogP contribution in [0.15, 0.2) is 35.7 Å². The first kappa shape index (κ1) is 12.9. The number of hydrogen-bond acceptors (Lipinski definition) is 3. The molecule has 3 heterocycles. The summed E-state index contributed by atoms with van der Waals surface area (Å²) in [5.41, 5.74) is 4.46. The quantitative estimate of drug-likeness (QED) is 0.753. The number of benzene rings is 1.